The molecule has 0 aromatic rings. The number of ether oxygens (including phenoxy) is 1. The number of fused-ring (bicyclic) bond motifs is 2. The van der Waals surface area contributed by atoms with E-state index in [0.29, 0.717) is 17.6 Å². The van der Waals surface area contributed by atoms with Crippen LogP contribution in [0.2, 0.25) is 0 Å². The summed E-state index contributed by atoms with van der Waals surface area (Å²) in [6, 6.07) is 0. The molecule has 2 bridgehead atoms. The number of hydrogen-bond acceptors (Lipinski definition) is 3. The predicted molar refractivity (Wildman–Crippen MR) is 78.4 cm³/mol. The third-order valence-electron chi connectivity index (χ3n) is 5.34. The van der Waals surface area contributed by atoms with Crippen molar-refractivity contribution in [3.63, 3.8) is 0 Å². The van der Waals surface area contributed by atoms with Gasteiger partial charge in [-0.05, 0) is 37.6 Å². The molecule has 19 heavy (non-hydrogen) atoms. The Morgan fingerprint density at radius 2 is 1.79 bits per heavy atom. The second-order valence-corrected chi connectivity index (χ2v) is 6.99. The maximum atomic E-state index is 5.97. The van der Waals surface area contributed by atoms with Gasteiger partial charge in [-0.15, -0.1) is 0 Å². The molecule has 2 aliphatic heterocycles. The molecule has 1 saturated carbocycles. The Morgan fingerprint density at radius 3 is 2.42 bits per heavy atom. The third kappa shape index (κ3) is 3.32. The average molecular weight is 266 g/mol. The van der Waals surface area contributed by atoms with Gasteiger partial charge in [0.15, 0.2) is 0 Å². The van der Waals surface area contributed by atoms with Gasteiger partial charge < -0.3 is 10.1 Å². The number of rotatable bonds is 5. The Balaban J connectivity index is 1.60. The minimum Gasteiger partial charge on any atom is -0.372 e. The van der Waals surface area contributed by atoms with Crippen LogP contribution in [0.1, 0.15) is 51.9 Å². The Labute approximate surface area is 118 Å². The van der Waals surface area contributed by atoms with Crippen LogP contribution in [-0.2, 0) is 4.74 Å². The van der Waals surface area contributed by atoms with Gasteiger partial charge in [-0.3, -0.25) is 4.90 Å². The molecule has 0 amide bonds. The van der Waals surface area contributed by atoms with E-state index in [9.17, 15) is 0 Å². The fraction of sp³-hybridized carbons (Fsp3) is 1.00. The maximum absolute atomic E-state index is 5.97. The molecule has 110 valence electrons. The lowest BCUT2D eigenvalue weighted by Crippen LogP contribution is -2.51. The first-order valence-corrected chi connectivity index (χ1v) is 8.38. The Bertz CT molecular complexity index is 276. The van der Waals surface area contributed by atoms with Crippen molar-refractivity contribution >= 4 is 0 Å². The molecule has 0 spiro atoms. The van der Waals surface area contributed by atoms with Crippen LogP contribution < -0.4 is 5.32 Å². The molecule has 1 N–H and O–H groups in total. The molecule has 3 rings (SSSR count). The summed E-state index contributed by atoms with van der Waals surface area (Å²) >= 11 is 0. The summed E-state index contributed by atoms with van der Waals surface area (Å²) in [5.41, 5.74) is 0.547. The molecule has 0 radical (unpaired) electrons. The van der Waals surface area contributed by atoms with Crippen LogP contribution in [0, 0.1) is 5.41 Å². The van der Waals surface area contributed by atoms with Crippen LogP contribution in [-0.4, -0.2) is 49.8 Å². The topological polar surface area (TPSA) is 24.5 Å². The molecule has 3 fully saturated rings. The highest BCUT2D eigenvalue weighted by atomic mass is 16.5. The molecule has 0 aromatic heterocycles. The summed E-state index contributed by atoms with van der Waals surface area (Å²) in [6.45, 7) is 8.23. The summed E-state index contributed by atoms with van der Waals surface area (Å²) in [5.74, 6) is 0. The van der Waals surface area contributed by atoms with Gasteiger partial charge in [0.25, 0.3) is 0 Å². The van der Waals surface area contributed by atoms with Crippen LogP contribution in [0.4, 0.5) is 0 Å². The molecule has 1 aliphatic carbocycles. The number of nitrogens with zero attached hydrogens (tertiary/aromatic N) is 1. The maximum Gasteiger partial charge on any atom is 0.0707 e. The van der Waals surface area contributed by atoms with Crippen LogP contribution in [0.15, 0.2) is 0 Å². The highest BCUT2D eigenvalue weighted by molar-refractivity contribution is 4.92. The van der Waals surface area contributed by atoms with E-state index >= 15 is 0 Å². The smallest absolute Gasteiger partial charge is 0.0707 e. The highest BCUT2D eigenvalue weighted by Crippen LogP contribution is 2.38. The lowest BCUT2D eigenvalue weighted by Gasteiger charge is -2.43. The summed E-state index contributed by atoms with van der Waals surface area (Å²) in [6.07, 6.45) is 10.8. The second-order valence-electron chi connectivity index (χ2n) is 6.99. The van der Waals surface area contributed by atoms with Crippen molar-refractivity contribution in [2.45, 2.75) is 64.1 Å². The Morgan fingerprint density at radius 1 is 1.11 bits per heavy atom. The van der Waals surface area contributed by atoms with Crippen molar-refractivity contribution < 1.29 is 4.74 Å². The van der Waals surface area contributed by atoms with E-state index < -0.39 is 0 Å². The van der Waals surface area contributed by atoms with Crippen LogP contribution in [0.25, 0.3) is 0 Å². The molecule has 2 atom stereocenters. The second kappa shape index (κ2) is 6.11. The summed E-state index contributed by atoms with van der Waals surface area (Å²) in [5, 5.41) is 3.63. The molecule has 3 nitrogen and oxygen atoms in total. The van der Waals surface area contributed by atoms with E-state index in [1.165, 1.54) is 71.1 Å². The van der Waals surface area contributed by atoms with Crippen molar-refractivity contribution in [1.29, 1.82) is 0 Å². The molecule has 3 heteroatoms. The van der Waals surface area contributed by atoms with Gasteiger partial charge in [0, 0.05) is 26.2 Å². The van der Waals surface area contributed by atoms with E-state index in [-0.39, 0.29) is 0 Å². The van der Waals surface area contributed by atoms with Crippen molar-refractivity contribution in [3.8, 4) is 0 Å². The quantitative estimate of drug-likeness (QED) is 0.827. The Kier molecular flexibility index (Phi) is 4.45. The summed E-state index contributed by atoms with van der Waals surface area (Å²) < 4.78 is 5.97. The third-order valence-corrected chi connectivity index (χ3v) is 5.34. The van der Waals surface area contributed by atoms with E-state index in [4.69, 9.17) is 4.74 Å². The van der Waals surface area contributed by atoms with Gasteiger partial charge in [-0.2, -0.15) is 0 Å². The highest BCUT2D eigenvalue weighted by Gasteiger charge is 2.39. The number of likely N-dealkylation sites (tertiary alicyclic amines) is 1. The van der Waals surface area contributed by atoms with Gasteiger partial charge in [0.2, 0.25) is 0 Å². The van der Waals surface area contributed by atoms with Crippen LogP contribution >= 0.6 is 0 Å². The van der Waals surface area contributed by atoms with Crippen molar-refractivity contribution in [2.24, 2.45) is 5.41 Å². The normalized spacial score (nSPS) is 34.6. The zero-order chi connectivity index (χ0) is 13.1. The van der Waals surface area contributed by atoms with E-state index in [1.54, 1.807) is 0 Å². The molecule has 2 unspecified atom stereocenters. The first-order chi connectivity index (χ1) is 9.30. The van der Waals surface area contributed by atoms with E-state index in [1.807, 2.05) is 0 Å². The molecule has 2 heterocycles. The fourth-order valence-corrected chi connectivity index (χ4v) is 4.39. The monoisotopic (exact) mass is 266 g/mol. The van der Waals surface area contributed by atoms with Crippen molar-refractivity contribution in [2.75, 3.05) is 32.7 Å². The lowest BCUT2D eigenvalue weighted by atomic mass is 9.73. The molecular weight excluding hydrogens is 236 g/mol. The number of morpholine rings is 1. The fourth-order valence-electron chi connectivity index (χ4n) is 4.39. The number of nitrogens with one attached hydrogen (secondary N) is 1. The lowest BCUT2D eigenvalue weighted by molar-refractivity contribution is -0.0541. The van der Waals surface area contributed by atoms with E-state index in [2.05, 4.69) is 17.1 Å². The molecule has 2 saturated heterocycles. The first-order valence-electron chi connectivity index (χ1n) is 8.38. The minimum absolute atomic E-state index is 0.540. The molecule has 0 aromatic carbocycles. The van der Waals surface area contributed by atoms with Gasteiger partial charge in [-0.25, -0.2) is 0 Å². The van der Waals surface area contributed by atoms with Gasteiger partial charge in [0.05, 0.1) is 12.2 Å². The SMILES string of the molecule is CCNCC1(CN2CC3CCC(C2)O3)CCCCC1. The van der Waals surface area contributed by atoms with E-state index in [0.717, 1.165) is 6.54 Å². The first kappa shape index (κ1) is 13.8. The van der Waals surface area contributed by atoms with Crippen molar-refractivity contribution in [3.05, 3.63) is 0 Å². The predicted octanol–water partition coefficient (Wildman–Crippen LogP) is 2.41. The van der Waals surface area contributed by atoms with Gasteiger partial charge in [0.1, 0.15) is 0 Å². The Hall–Kier alpha value is -0.120. The van der Waals surface area contributed by atoms with Gasteiger partial charge >= 0.3 is 0 Å². The average Bonchev–Trinajstić information content (AvgIpc) is 2.77. The molecular formula is C16H30N2O. The zero-order valence-electron chi connectivity index (χ0n) is 12.5. The zero-order valence-corrected chi connectivity index (χ0v) is 12.5. The van der Waals surface area contributed by atoms with Crippen LogP contribution in [0.3, 0.4) is 0 Å². The summed E-state index contributed by atoms with van der Waals surface area (Å²) in [7, 11) is 0. The standard InChI is InChI=1S/C16H30N2O/c1-2-17-12-16(8-4-3-5-9-16)13-18-10-14-6-7-15(11-18)19-14/h14-15,17H,2-13H2,1H3. The number of hydrogen-bond donors (Lipinski definition) is 1. The van der Waals surface area contributed by atoms with Crippen LogP contribution in [0.5, 0.6) is 0 Å². The molecule has 3 aliphatic rings. The summed E-state index contributed by atoms with van der Waals surface area (Å²) in [4.78, 5) is 2.72. The van der Waals surface area contributed by atoms with Gasteiger partial charge in [-0.1, -0.05) is 26.2 Å². The van der Waals surface area contributed by atoms with Crippen molar-refractivity contribution in [1.82, 2.24) is 10.2 Å². The largest absolute Gasteiger partial charge is 0.372 e. The minimum atomic E-state index is 0.540.